The van der Waals surface area contributed by atoms with E-state index in [9.17, 15) is 14.0 Å². The number of benzene rings is 1. The smallest absolute Gasteiger partial charge is 0.319 e. The molecule has 0 fully saturated rings. The largest absolute Gasteiger partial charge is 0.481 e. The molecule has 20 heavy (non-hydrogen) atoms. The molecule has 0 spiro atoms. The van der Waals surface area contributed by atoms with Crippen molar-refractivity contribution in [1.82, 2.24) is 5.32 Å². The van der Waals surface area contributed by atoms with Crippen molar-refractivity contribution < 1.29 is 19.1 Å². The Labute approximate surface area is 121 Å². The molecular formula is C13H16ClFN2O3. The highest BCUT2D eigenvalue weighted by molar-refractivity contribution is 6.30. The van der Waals surface area contributed by atoms with Crippen molar-refractivity contribution in [2.75, 3.05) is 5.32 Å². The van der Waals surface area contributed by atoms with Crippen LogP contribution in [0.5, 0.6) is 0 Å². The van der Waals surface area contributed by atoms with E-state index in [0.29, 0.717) is 0 Å². The number of rotatable bonds is 5. The van der Waals surface area contributed by atoms with Crippen LogP contribution in [0.3, 0.4) is 0 Å². The molecule has 3 N–H and O–H groups in total. The fourth-order valence-corrected chi connectivity index (χ4v) is 1.80. The lowest BCUT2D eigenvalue weighted by Gasteiger charge is -2.25. The molecule has 1 rings (SSSR count). The summed E-state index contributed by atoms with van der Waals surface area (Å²) in [5.74, 6) is -1.49. The van der Waals surface area contributed by atoms with Gasteiger partial charge >= 0.3 is 12.0 Å². The number of anilines is 1. The van der Waals surface area contributed by atoms with Crippen LogP contribution in [0.1, 0.15) is 26.7 Å². The van der Waals surface area contributed by atoms with Crippen LogP contribution in [0.25, 0.3) is 0 Å². The van der Waals surface area contributed by atoms with E-state index in [1.165, 1.54) is 6.07 Å². The van der Waals surface area contributed by atoms with E-state index in [-0.39, 0.29) is 23.6 Å². The van der Waals surface area contributed by atoms with E-state index < -0.39 is 23.4 Å². The number of hydrogen-bond donors (Lipinski definition) is 3. The Balaban J connectivity index is 2.60. The van der Waals surface area contributed by atoms with Gasteiger partial charge in [-0.15, -0.1) is 0 Å². The molecule has 7 heteroatoms. The Morgan fingerprint density at radius 1 is 1.35 bits per heavy atom. The first-order chi connectivity index (χ1) is 9.18. The lowest BCUT2D eigenvalue weighted by atomic mass is 9.99. The van der Waals surface area contributed by atoms with Gasteiger partial charge in [-0.3, -0.25) is 4.79 Å². The molecule has 1 aromatic carbocycles. The zero-order chi connectivity index (χ0) is 15.3. The average molecular weight is 303 g/mol. The zero-order valence-corrected chi connectivity index (χ0v) is 11.9. The normalized spacial score (nSPS) is 11.0. The van der Waals surface area contributed by atoms with Gasteiger partial charge in [0.1, 0.15) is 5.82 Å². The number of carboxylic acids is 1. The average Bonchev–Trinajstić information content (AvgIpc) is 2.23. The Morgan fingerprint density at radius 3 is 2.55 bits per heavy atom. The maximum Gasteiger partial charge on any atom is 0.319 e. The summed E-state index contributed by atoms with van der Waals surface area (Å²) in [6.45, 7) is 3.40. The Bertz CT molecular complexity index is 500. The third-order valence-electron chi connectivity index (χ3n) is 2.54. The molecule has 0 aliphatic rings. The monoisotopic (exact) mass is 302 g/mol. The van der Waals surface area contributed by atoms with Crippen molar-refractivity contribution in [2.24, 2.45) is 0 Å². The number of nitrogens with one attached hydrogen (secondary N) is 2. The lowest BCUT2D eigenvalue weighted by molar-refractivity contribution is -0.137. The van der Waals surface area contributed by atoms with E-state index in [2.05, 4.69) is 10.6 Å². The van der Waals surface area contributed by atoms with Crippen LogP contribution in [0.2, 0.25) is 5.02 Å². The summed E-state index contributed by atoms with van der Waals surface area (Å²) in [6.07, 6.45) is 0.221. The van der Waals surface area contributed by atoms with Crippen LogP contribution < -0.4 is 10.6 Å². The van der Waals surface area contributed by atoms with Crippen molar-refractivity contribution >= 4 is 29.3 Å². The first-order valence-corrected chi connectivity index (χ1v) is 6.33. The van der Waals surface area contributed by atoms with Crippen molar-refractivity contribution in [3.05, 3.63) is 29.0 Å². The highest BCUT2D eigenvalue weighted by Crippen LogP contribution is 2.18. The third-order valence-corrected chi connectivity index (χ3v) is 2.75. The standard InChI is InChI=1S/C13H16ClFN2O3/c1-13(2,4-3-11(18)19)17-12(20)16-10-6-8(14)5-9(15)7-10/h5-7H,3-4H2,1-2H3,(H,18,19)(H2,16,17,20). The number of carbonyl (C=O) groups excluding carboxylic acids is 1. The second kappa shape index (κ2) is 6.56. The van der Waals surface area contributed by atoms with Gasteiger partial charge in [-0.1, -0.05) is 11.6 Å². The van der Waals surface area contributed by atoms with Gasteiger partial charge in [0.2, 0.25) is 0 Å². The summed E-state index contributed by atoms with van der Waals surface area (Å²) in [5, 5.41) is 13.9. The SMILES string of the molecule is CC(C)(CCC(=O)O)NC(=O)Nc1cc(F)cc(Cl)c1. The van der Waals surface area contributed by atoms with Gasteiger partial charge in [0, 0.05) is 22.7 Å². The number of amides is 2. The minimum absolute atomic E-state index is 0.0565. The molecule has 0 atom stereocenters. The summed E-state index contributed by atoms with van der Waals surface area (Å²) in [6, 6.07) is 3.12. The van der Waals surface area contributed by atoms with E-state index in [0.717, 1.165) is 12.1 Å². The lowest BCUT2D eigenvalue weighted by Crippen LogP contribution is -2.45. The van der Waals surface area contributed by atoms with E-state index >= 15 is 0 Å². The minimum atomic E-state index is -0.933. The number of urea groups is 1. The van der Waals surface area contributed by atoms with Crippen molar-refractivity contribution in [2.45, 2.75) is 32.2 Å². The molecule has 0 saturated carbocycles. The molecule has 0 aromatic heterocycles. The summed E-state index contributed by atoms with van der Waals surface area (Å²) >= 11 is 5.67. The van der Waals surface area contributed by atoms with Crippen LogP contribution in [0, 0.1) is 5.82 Å². The first-order valence-electron chi connectivity index (χ1n) is 5.95. The molecule has 110 valence electrons. The minimum Gasteiger partial charge on any atom is -0.481 e. The fraction of sp³-hybridized carbons (Fsp3) is 0.385. The molecule has 2 amide bonds. The summed E-state index contributed by atoms with van der Waals surface area (Å²) in [4.78, 5) is 22.3. The summed E-state index contributed by atoms with van der Waals surface area (Å²) in [5.41, 5.74) is -0.471. The second-order valence-corrected chi connectivity index (χ2v) is 5.45. The molecular weight excluding hydrogens is 287 g/mol. The predicted molar refractivity (Wildman–Crippen MR) is 74.5 cm³/mol. The number of halogens is 2. The first kappa shape index (κ1) is 16.2. The molecule has 1 aromatic rings. The zero-order valence-electron chi connectivity index (χ0n) is 11.2. The van der Waals surface area contributed by atoms with Gasteiger partial charge < -0.3 is 15.7 Å². The Hall–Kier alpha value is -1.82. The van der Waals surface area contributed by atoms with Crippen molar-refractivity contribution in [3.8, 4) is 0 Å². The Morgan fingerprint density at radius 2 is 2.00 bits per heavy atom. The van der Waals surface area contributed by atoms with E-state index in [4.69, 9.17) is 16.7 Å². The highest BCUT2D eigenvalue weighted by atomic mass is 35.5. The highest BCUT2D eigenvalue weighted by Gasteiger charge is 2.21. The number of hydrogen-bond acceptors (Lipinski definition) is 2. The molecule has 0 bridgehead atoms. The van der Waals surface area contributed by atoms with Gasteiger partial charge in [0.15, 0.2) is 0 Å². The maximum atomic E-state index is 13.1. The van der Waals surface area contributed by atoms with Crippen LogP contribution in [-0.4, -0.2) is 22.6 Å². The molecule has 5 nitrogen and oxygen atoms in total. The number of aliphatic carboxylic acids is 1. The molecule has 0 aliphatic carbocycles. The van der Waals surface area contributed by atoms with Crippen LogP contribution in [0.4, 0.5) is 14.9 Å². The fourth-order valence-electron chi connectivity index (χ4n) is 1.58. The second-order valence-electron chi connectivity index (χ2n) is 5.01. The number of carbonyl (C=O) groups is 2. The predicted octanol–water partition coefficient (Wildman–Crippen LogP) is 3.24. The van der Waals surface area contributed by atoms with Crippen LogP contribution >= 0.6 is 11.6 Å². The molecule has 0 heterocycles. The van der Waals surface area contributed by atoms with Crippen LogP contribution in [-0.2, 0) is 4.79 Å². The molecule has 0 aliphatic heterocycles. The number of carboxylic acid groups (broad SMARTS) is 1. The summed E-state index contributed by atoms with van der Waals surface area (Å²) < 4.78 is 13.1. The third kappa shape index (κ3) is 5.88. The van der Waals surface area contributed by atoms with Crippen LogP contribution in [0.15, 0.2) is 18.2 Å². The van der Waals surface area contributed by atoms with Gasteiger partial charge in [-0.25, -0.2) is 9.18 Å². The molecule has 0 saturated heterocycles. The van der Waals surface area contributed by atoms with Crippen molar-refractivity contribution in [3.63, 3.8) is 0 Å². The summed E-state index contributed by atoms with van der Waals surface area (Å²) in [7, 11) is 0. The van der Waals surface area contributed by atoms with E-state index in [1.54, 1.807) is 13.8 Å². The van der Waals surface area contributed by atoms with Crippen molar-refractivity contribution in [1.29, 1.82) is 0 Å². The van der Waals surface area contributed by atoms with Gasteiger partial charge in [-0.05, 0) is 38.5 Å². The quantitative estimate of drug-likeness (QED) is 0.781. The molecule has 0 radical (unpaired) electrons. The Kier molecular flexibility index (Phi) is 5.33. The van der Waals surface area contributed by atoms with Gasteiger partial charge in [-0.2, -0.15) is 0 Å². The van der Waals surface area contributed by atoms with Gasteiger partial charge in [0.05, 0.1) is 0 Å². The topological polar surface area (TPSA) is 78.4 Å². The molecule has 0 unspecified atom stereocenters. The van der Waals surface area contributed by atoms with E-state index in [1.807, 2.05) is 0 Å². The maximum absolute atomic E-state index is 13.1. The van der Waals surface area contributed by atoms with Gasteiger partial charge in [0.25, 0.3) is 0 Å².